The maximum atomic E-state index is 13.3. The molecule has 0 spiro atoms. The van der Waals surface area contributed by atoms with Crippen molar-refractivity contribution in [2.75, 3.05) is 38.7 Å². The molecule has 0 aliphatic carbocycles. The monoisotopic (exact) mass is 485 g/mol. The van der Waals surface area contributed by atoms with E-state index in [4.69, 9.17) is 9.47 Å². The molecular formula is C26H32FN3O5. The van der Waals surface area contributed by atoms with E-state index in [1.807, 2.05) is 13.8 Å². The highest BCUT2D eigenvalue weighted by molar-refractivity contribution is 6.06. The summed E-state index contributed by atoms with van der Waals surface area (Å²) in [5, 5.41) is 2.83. The third-order valence-corrected chi connectivity index (χ3v) is 5.75. The van der Waals surface area contributed by atoms with E-state index in [1.54, 1.807) is 30.1 Å². The number of likely N-dealkylation sites (tertiary alicyclic amines) is 1. The zero-order valence-corrected chi connectivity index (χ0v) is 20.4. The van der Waals surface area contributed by atoms with Crippen molar-refractivity contribution in [2.45, 2.75) is 39.2 Å². The fourth-order valence-corrected chi connectivity index (χ4v) is 4.05. The van der Waals surface area contributed by atoms with Crippen molar-refractivity contribution < 1.29 is 28.2 Å². The number of hydrogen-bond donors (Lipinski definition) is 1. The van der Waals surface area contributed by atoms with Crippen molar-refractivity contribution in [3.63, 3.8) is 0 Å². The zero-order chi connectivity index (χ0) is 25.4. The number of likely N-dealkylation sites (N-methyl/N-ethyl adjacent to an activating group) is 1. The van der Waals surface area contributed by atoms with Gasteiger partial charge in [-0.25, -0.2) is 4.39 Å². The quantitative estimate of drug-likeness (QED) is 0.545. The van der Waals surface area contributed by atoms with Crippen LogP contribution in [0.4, 0.5) is 10.1 Å². The molecule has 0 bridgehead atoms. The molecule has 1 aliphatic heterocycles. The predicted octanol–water partition coefficient (Wildman–Crippen LogP) is 3.71. The second kappa shape index (κ2) is 12.3. The molecule has 1 heterocycles. The number of benzene rings is 2. The molecular weight excluding hydrogens is 453 g/mol. The third-order valence-electron chi connectivity index (χ3n) is 5.75. The minimum absolute atomic E-state index is 0.0356. The number of carbonyl (C=O) groups is 3. The topological polar surface area (TPSA) is 88.2 Å². The van der Waals surface area contributed by atoms with E-state index >= 15 is 0 Å². The number of imide groups is 1. The van der Waals surface area contributed by atoms with Crippen LogP contribution in [-0.2, 0) is 9.59 Å². The van der Waals surface area contributed by atoms with Gasteiger partial charge in [0.2, 0.25) is 11.8 Å². The van der Waals surface area contributed by atoms with E-state index in [1.165, 1.54) is 29.2 Å². The number of hydrogen-bond acceptors (Lipinski definition) is 6. The molecule has 2 aromatic rings. The lowest BCUT2D eigenvalue weighted by molar-refractivity contribution is -0.133. The lowest BCUT2D eigenvalue weighted by Crippen LogP contribution is -2.50. The second-order valence-corrected chi connectivity index (χ2v) is 8.30. The number of halogens is 1. The summed E-state index contributed by atoms with van der Waals surface area (Å²) in [6.07, 6.45) is 1.95. The normalized spacial score (nSPS) is 16.1. The Balaban J connectivity index is 1.66. The summed E-state index contributed by atoms with van der Waals surface area (Å²) in [4.78, 5) is 41.8. The fraction of sp³-hybridized carbons (Fsp3) is 0.423. The first kappa shape index (κ1) is 26.2. The largest absolute Gasteiger partial charge is 0.490 e. The van der Waals surface area contributed by atoms with Crippen LogP contribution in [0.2, 0.25) is 0 Å². The molecule has 1 fully saturated rings. The molecule has 1 aliphatic rings. The SMILES string of the molecule is CCOc1ccc(NC(=O)CN(C)[C@H]2CCCCN(C(=O)c3ccc(F)cc3)C2=O)cc1OCC. The van der Waals surface area contributed by atoms with Gasteiger partial charge in [-0.05, 0) is 76.6 Å². The standard InChI is InChI=1S/C26H32FN3O5/c1-4-34-22-14-13-20(16-23(22)35-5-2)28-24(31)17-29(3)21-8-6-7-15-30(26(21)33)25(32)18-9-11-19(27)12-10-18/h9-14,16,21H,4-8,15,17H2,1-3H3,(H,28,31)/t21-/m0/s1. The first-order chi connectivity index (χ1) is 16.8. The molecule has 1 N–H and O–H groups in total. The molecule has 3 amide bonds. The van der Waals surface area contributed by atoms with E-state index in [9.17, 15) is 18.8 Å². The van der Waals surface area contributed by atoms with E-state index < -0.39 is 17.8 Å². The molecule has 188 valence electrons. The number of anilines is 1. The summed E-state index contributed by atoms with van der Waals surface area (Å²) in [5.41, 5.74) is 0.803. The van der Waals surface area contributed by atoms with Gasteiger partial charge < -0.3 is 14.8 Å². The summed E-state index contributed by atoms with van der Waals surface area (Å²) in [7, 11) is 1.69. The molecule has 1 atom stereocenters. The molecule has 3 rings (SSSR count). The highest BCUT2D eigenvalue weighted by Gasteiger charge is 2.34. The van der Waals surface area contributed by atoms with Crippen molar-refractivity contribution in [3.8, 4) is 11.5 Å². The highest BCUT2D eigenvalue weighted by Crippen LogP contribution is 2.30. The van der Waals surface area contributed by atoms with E-state index in [0.717, 1.165) is 6.42 Å². The number of amides is 3. The Kier molecular flexibility index (Phi) is 9.19. The van der Waals surface area contributed by atoms with Crippen LogP contribution in [0.5, 0.6) is 11.5 Å². The van der Waals surface area contributed by atoms with Gasteiger partial charge in [-0.2, -0.15) is 0 Å². The summed E-state index contributed by atoms with van der Waals surface area (Å²) in [6, 6.07) is 9.68. The predicted molar refractivity (Wildman–Crippen MR) is 130 cm³/mol. The number of nitrogens with zero attached hydrogens (tertiary/aromatic N) is 2. The Morgan fingerprint density at radius 3 is 2.43 bits per heavy atom. The smallest absolute Gasteiger partial charge is 0.260 e. The van der Waals surface area contributed by atoms with Crippen LogP contribution < -0.4 is 14.8 Å². The van der Waals surface area contributed by atoms with Crippen molar-refractivity contribution in [1.82, 2.24) is 9.80 Å². The van der Waals surface area contributed by atoms with E-state index in [-0.39, 0.29) is 30.5 Å². The molecule has 0 saturated carbocycles. The molecule has 0 unspecified atom stereocenters. The van der Waals surface area contributed by atoms with Crippen LogP contribution in [0, 0.1) is 5.82 Å². The minimum atomic E-state index is -0.619. The highest BCUT2D eigenvalue weighted by atomic mass is 19.1. The molecule has 35 heavy (non-hydrogen) atoms. The van der Waals surface area contributed by atoms with Crippen molar-refractivity contribution in [3.05, 3.63) is 53.8 Å². The van der Waals surface area contributed by atoms with Gasteiger partial charge in [0, 0.05) is 23.9 Å². The van der Waals surface area contributed by atoms with Gasteiger partial charge in [0.25, 0.3) is 5.91 Å². The van der Waals surface area contributed by atoms with Crippen LogP contribution in [0.15, 0.2) is 42.5 Å². The average Bonchev–Trinajstić information content (AvgIpc) is 3.02. The lowest BCUT2D eigenvalue weighted by atomic mass is 10.1. The Bertz CT molecular complexity index is 1040. The fourth-order valence-electron chi connectivity index (χ4n) is 4.05. The van der Waals surface area contributed by atoms with Crippen molar-refractivity contribution >= 4 is 23.4 Å². The van der Waals surface area contributed by atoms with Gasteiger partial charge in [0.15, 0.2) is 11.5 Å². The Morgan fingerprint density at radius 2 is 1.74 bits per heavy atom. The summed E-state index contributed by atoms with van der Waals surface area (Å²) in [6.45, 7) is 4.95. The van der Waals surface area contributed by atoms with Crippen LogP contribution in [-0.4, -0.2) is 66.9 Å². The van der Waals surface area contributed by atoms with Crippen molar-refractivity contribution in [1.29, 1.82) is 0 Å². The number of ether oxygens (including phenoxy) is 2. The first-order valence-electron chi connectivity index (χ1n) is 11.8. The maximum Gasteiger partial charge on any atom is 0.260 e. The zero-order valence-electron chi connectivity index (χ0n) is 20.4. The molecule has 9 heteroatoms. The van der Waals surface area contributed by atoms with Gasteiger partial charge in [-0.3, -0.25) is 24.2 Å². The molecule has 0 radical (unpaired) electrons. The van der Waals surface area contributed by atoms with Crippen LogP contribution in [0.1, 0.15) is 43.5 Å². The van der Waals surface area contributed by atoms with Crippen LogP contribution in [0.3, 0.4) is 0 Å². The van der Waals surface area contributed by atoms with Gasteiger partial charge in [-0.1, -0.05) is 0 Å². The number of carbonyl (C=O) groups excluding carboxylic acids is 3. The number of nitrogens with one attached hydrogen (secondary N) is 1. The first-order valence-corrected chi connectivity index (χ1v) is 11.8. The summed E-state index contributed by atoms with van der Waals surface area (Å²) >= 11 is 0. The van der Waals surface area contributed by atoms with Crippen molar-refractivity contribution in [2.24, 2.45) is 0 Å². The second-order valence-electron chi connectivity index (χ2n) is 8.30. The van der Waals surface area contributed by atoms with Crippen LogP contribution >= 0.6 is 0 Å². The molecule has 2 aromatic carbocycles. The minimum Gasteiger partial charge on any atom is -0.490 e. The Hall–Kier alpha value is -3.46. The van der Waals surface area contributed by atoms with E-state index in [2.05, 4.69) is 5.32 Å². The van der Waals surface area contributed by atoms with Gasteiger partial charge >= 0.3 is 0 Å². The maximum absolute atomic E-state index is 13.3. The van der Waals surface area contributed by atoms with Crippen LogP contribution in [0.25, 0.3) is 0 Å². The van der Waals surface area contributed by atoms with Gasteiger partial charge in [0.1, 0.15) is 5.82 Å². The van der Waals surface area contributed by atoms with Gasteiger partial charge in [-0.15, -0.1) is 0 Å². The third kappa shape index (κ3) is 6.79. The molecule has 8 nitrogen and oxygen atoms in total. The number of rotatable bonds is 9. The summed E-state index contributed by atoms with van der Waals surface area (Å²) < 4.78 is 24.4. The molecule has 1 saturated heterocycles. The average molecular weight is 486 g/mol. The lowest BCUT2D eigenvalue weighted by Gasteiger charge is -2.29. The Morgan fingerprint density at radius 1 is 1.06 bits per heavy atom. The van der Waals surface area contributed by atoms with E-state index in [0.29, 0.717) is 43.2 Å². The summed E-state index contributed by atoms with van der Waals surface area (Å²) in [5.74, 6) is -0.431. The van der Waals surface area contributed by atoms with Gasteiger partial charge in [0.05, 0.1) is 25.8 Å². The Labute approximate surface area is 205 Å². The molecule has 0 aromatic heterocycles.